The van der Waals surface area contributed by atoms with E-state index >= 15 is 0 Å². The Morgan fingerprint density at radius 3 is 2.31 bits per heavy atom. The second kappa shape index (κ2) is 8.02. The molecule has 2 aliphatic rings. The largest absolute Gasteiger partial charge is 0.495 e. The Hall–Kier alpha value is -2.01. The Bertz CT molecular complexity index is 1050. The number of halogens is 3. The number of allylic oxidation sites excluding steroid dienone is 2. The summed E-state index contributed by atoms with van der Waals surface area (Å²) < 4.78 is 5.21. The predicted octanol–water partition coefficient (Wildman–Crippen LogP) is 5.66. The van der Waals surface area contributed by atoms with Crippen molar-refractivity contribution in [3.05, 3.63) is 73.9 Å². The number of nitrogens with one attached hydrogen (secondary N) is 1. The molecule has 2 atom stereocenters. The maximum absolute atomic E-state index is 13.1. The smallest absolute Gasteiger partial charge is 0.225 e. The van der Waals surface area contributed by atoms with Crippen LogP contribution in [-0.4, -0.2) is 18.8 Å². The van der Waals surface area contributed by atoms with Gasteiger partial charge in [0.2, 0.25) is 5.91 Å². The minimum Gasteiger partial charge on any atom is -0.495 e. The number of carbonyl (C=O) groups excluding carboxylic acids is 2. The average Bonchev–Trinajstić information content (AvgIpc) is 2.69. The fraction of sp³-hybridized carbons (Fsp3) is 0.273. The lowest BCUT2D eigenvalue weighted by molar-refractivity contribution is -0.122. The van der Waals surface area contributed by atoms with Crippen LogP contribution >= 0.6 is 34.8 Å². The summed E-state index contributed by atoms with van der Waals surface area (Å²) in [6, 6.07) is 10.8. The van der Waals surface area contributed by atoms with Crippen LogP contribution in [0.4, 0.5) is 0 Å². The van der Waals surface area contributed by atoms with Crippen molar-refractivity contribution in [1.29, 1.82) is 0 Å². The van der Waals surface area contributed by atoms with Crippen LogP contribution in [0.3, 0.4) is 0 Å². The van der Waals surface area contributed by atoms with Crippen molar-refractivity contribution in [2.75, 3.05) is 7.11 Å². The molecule has 4 rings (SSSR count). The lowest BCUT2D eigenvalue weighted by atomic mass is 9.73. The molecule has 0 saturated heterocycles. The highest BCUT2D eigenvalue weighted by atomic mass is 35.5. The van der Waals surface area contributed by atoms with Gasteiger partial charge in [-0.2, -0.15) is 0 Å². The van der Waals surface area contributed by atoms with Crippen molar-refractivity contribution in [2.45, 2.75) is 31.1 Å². The number of methoxy groups -OCH3 is 1. The average molecular weight is 451 g/mol. The van der Waals surface area contributed by atoms with Crippen LogP contribution in [0.15, 0.2) is 47.7 Å². The van der Waals surface area contributed by atoms with Crippen LogP contribution in [-0.2, 0) is 9.59 Å². The van der Waals surface area contributed by atoms with Gasteiger partial charge in [0.25, 0.3) is 0 Å². The highest BCUT2D eigenvalue weighted by Gasteiger charge is 2.38. The van der Waals surface area contributed by atoms with Gasteiger partial charge in [-0.3, -0.25) is 9.59 Å². The van der Waals surface area contributed by atoms with Gasteiger partial charge in [0, 0.05) is 30.0 Å². The second-order valence-corrected chi connectivity index (χ2v) is 8.51. The Kier molecular flexibility index (Phi) is 5.60. The SMILES string of the molecule is COc1ccc(C2CC(=O)NC3=C2C(=O)CC(c2ccc(Cl)c(Cl)c2)C3)cc1Cl. The molecule has 2 aromatic carbocycles. The first-order chi connectivity index (χ1) is 13.9. The number of benzene rings is 2. The van der Waals surface area contributed by atoms with E-state index in [2.05, 4.69) is 5.32 Å². The Morgan fingerprint density at radius 1 is 0.897 bits per heavy atom. The van der Waals surface area contributed by atoms with Gasteiger partial charge >= 0.3 is 0 Å². The summed E-state index contributed by atoms with van der Waals surface area (Å²) in [5.41, 5.74) is 3.12. The zero-order valence-electron chi connectivity index (χ0n) is 15.6. The van der Waals surface area contributed by atoms with Gasteiger partial charge in [0.1, 0.15) is 5.75 Å². The van der Waals surface area contributed by atoms with Gasteiger partial charge < -0.3 is 10.1 Å². The summed E-state index contributed by atoms with van der Waals surface area (Å²) in [4.78, 5) is 25.5. The fourth-order valence-corrected chi connectivity index (χ4v) is 4.72. The Balaban J connectivity index is 1.71. The molecule has 150 valence electrons. The van der Waals surface area contributed by atoms with E-state index in [1.165, 1.54) is 0 Å². The zero-order valence-corrected chi connectivity index (χ0v) is 17.9. The van der Waals surface area contributed by atoms with Crippen molar-refractivity contribution in [2.24, 2.45) is 0 Å². The van der Waals surface area contributed by atoms with Gasteiger partial charge in [0.05, 0.1) is 22.2 Å². The Labute approximate surface area is 183 Å². The number of ketones is 1. The van der Waals surface area contributed by atoms with E-state index in [0.29, 0.717) is 44.9 Å². The molecule has 2 aromatic rings. The number of Topliss-reactive ketones (excluding diaryl/α,β-unsaturated/α-hetero) is 1. The third-order valence-corrected chi connectivity index (χ3v) is 6.56. The highest BCUT2D eigenvalue weighted by molar-refractivity contribution is 6.42. The van der Waals surface area contributed by atoms with Crippen molar-refractivity contribution in [3.8, 4) is 5.75 Å². The molecular weight excluding hydrogens is 433 g/mol. The van der Waals surface area contributed by atoms with Crippen molar-refractivity contribution < 1.29 is 14.3 Å². The number of hydrogen-bond acceptors (Lipinski definition) is 3. The molecule has 1 N–H and O–H groups in total. The van der Waals surface area contributed by atoms with E-state index in [0.717, 1.165) is 11.1 Å². The molecule has 29 heavy (non-hydrogen) atoms. The van der Waals surface area contributed by atoms with Crippen LogP contribution in [0.2, 0.25) is 15.1 Å². The topological polar surface area (TPSA) is 55.4 Å². The molecule has 1 aliphatic heterocycles. The number of ether oxygens (including phenoxy) is 1. The molecule has 4 nitrogen and oxygen atoms in total. The van der Waals surface area contributed by atoms with E-state index in [4.69, 9.17) is 39.5 Å². The van der Waals surface area contributed by atoms with Crippen LogP contribution in [0.25, 0.3) is 0 Å². The third kappa shape index (κ3) is 3.89. The summed E-state index contributed by atoms with van der Waals surface area (Å²) >= 11 is 18.4. The molecule has 1 heterocycles. The monoisotopic (exact) mass is 449 g/mol. The van der Waals surface area contributed by atoms with Gasteiger partial charge in [-0.25, -0.2) is 0 Å². The summed E-state index contributed by atoms with van der Waals surface area (Å²) in [5.74, 6) is 0.0982. The minimum absolute atomic E-state index is 0.0271. The number of amides is 1. The van der Waals surface area contributed by atoms with E-state index in [9.17, 15) is 9.59 Å². The molecule has 2 unspecified atom stereocenters. The third-order valence-electron chi connectivity index (χ3n) is 5.53. The summed E-state index contributed by atoms with van der Waals surface area (Å²) in [7, 11) is 1.55. The number of rotatable bonds is 3. The first kappa shape index (κ1) is 20.3. The molecule has 0 bridgehead atoms. The lowest BCUT2D eigenvalue weighted by Gasteiger charge is -2.34. The molecule has 7 heteroatoms. The molecular formula is C22H18Cl3NO3. The van der Waals surface area contributed by atoms with E-state index in [-0.39, 0.29) is 29.9 Å². The van der Waals surface area contributed by atoms with Crippen molar-refractivity contribution >= 4 is 46.5 Å². The van der Waals surface area contributed by atoms with Crippen LogP contribution < -0.4 is 10.1 Å². The van der Waals surface area contributed by atoms with Crippen LogP contribution in [0, 0.1) is 0 Å². The van der Waals surface area contributed by atoms with E-state index in [1.54, 1.807) is 31.4 Å². The van der Waals surface area contributed by atoms with Gasteiger partial charge in [-0.1, -0.05) is 46.9 Å². The summed E-state index contributed by atoms with van der Waals surface area (Å²) in [5, 5.41) is 4.29. The maximum Gasteiger partial charge on any atom is 0.225 e. The minimum atomic E-state index is -0.315. The summed E-state index contributed by atoms with van der Waals surface area (Å²) in [6.45, 7) is 0. The van der Waals surface area contributed by atoms with Crippen LogP contribution in [0.5, 0.6) is 5.75 Å². The first-order valence-electron chi connectivity index (χ1n) is 9.22. The molecule has 0 spiro atoms. The van der Waals surface area contributed by atoms with E-state index < -0.39 is 0 Å². The second-order valence-electron chi connectivity index (χ2n) is 7.29. The van der Waals surface area contributed by atoms with Crippen LogP contribution in [0.1, 0.15) is 42.2 Å². The lowest BCUT2D eigenvalue weighted by Crippen LogP contribution is -2.38. The highest BCUT2D eigenvalue weighted by Crippen LogP contribution is 2.44. The Morgan fingerprint density at radius 2 is 1.62 bits per heavy atom. The number of hydrogen-bond donors (Lipinski definition) is 1. The molecule has 0 aromatic heterocycles. The molecule has 1 amide bonds. The van der Waals surface area contributed by atoms with E-state index in [1.807, 2.05) is 12.1 Å². The molecule has 1 aliphatic carbocycles. The van der Waals surface area contributed by atoms with Gasteiger partial charge in [0.15, 0.2) is 5.78 Å². The van der Waals surface area contributed by atoms with Gasteiger partial charge in [-0.05, 0) is 47.7 Å². The normalized spacial score (nSPS) is 21.7. The zero-order chi connectivity index (χ0) is 20.7. The molecule has 0 radical (unpaired) electrons. The summed E-state index contributed by atoms with van der Waals surface area (Å²) in [6.07, 6.45) is 1.13. The fourth-order valence-electron chi connectivity index (χ4n) is 4.15. The standard InChI is InChI=1S/C22H18Cl3NO3/c1-29-20-5-3-12(7-17(20)25)14-10-21(28)26-18-8-13(9-19(27)22(14)18)11-2-4-15(23)16(24)6-11/h2-7,13-14H,8-10H2,1H3,(H,26,28). The van der Waals surface area contributed by atoms with Gasteiger partial charge in [-0.15, -0.1) is 0 Å². The first-order valence-corrected chi connectivity index (χ1v) is 10.3. The molecule has 0 saturated carbocycles. The molecule has 0 fully saturated rings. The van der Waals surface area contributed by atoms with Crippen molar-refractivity contribution in [1.82, 2.24) is 5.32 Å². The predicted molar refractivity (Wildman–Crippen MR) is 114 cm³/mol. The maximum atomic E-state index is 13.1. The number of carbonyl (C=O) groups is 2. The quantitative estimate of drug-likeness (QED) is 0.656. The van der Waals surface area contributed by atoms with Crippen molar-refractivity contribution in [3.63, 3.8) is 0 Å².